The van der Waals surface area contributed by atoms with E-state index in [1.807, 2.05) is 24.3 Å². The van der Waals surface area contributed by atoms with Crippen LogP contribution in [0.3, 0.4) is 0 Å². The molecule has 2 aromatic carbocycles. The second-order valence-electron chi connectivity index (χ2n) is 4.92. The molecule has 1 N–H and O–H groups in total. The molecule has 4 heteroatoms. The van der Waals surface area contributed by atoms with Crippen molar-refractivity contribution in [1.29, 1.82) is 5.26 Å². The number of amides is 1. The van der Waals surface area contributed by atoms with Gasteiger partial charge in [-0.1, -0.05) is 24.3 Å². The lowest BCUT2D eigenvalue weighted by Gasteiger charge is -2.28. The number of hydrogen-bond acceptors (Lipinski definition) is 3. The van der Waals surface area contributed by atoms with E-state index in [-0.39, 0.29) is 18.4 Å². The number of fused-ring (bicyclic) bond motifs is 1. The van der Waals surface area contributed by atoms with Crippen molar-refractivity contribution in [1.82, 2.24) is 0 Å². The van der Waals surface area contributed by atoms with Gasteiger partial charge in [-0.2, -0.15) is 5.26 Å². The Balaban J connectivity index is 1.62. The SMILES string of the molecule is N#CCOc1ccc(NC(=O)C2Cc3ccccc32)cc1. The predicted molar refractivity (Wildman–Crippen MR) is 79.1 cm³/mol. The molecule has 0 aliphatic heterocycles. The lowest BCUT2D eigenvalue weighted by Crippen LogP contribution is -2.30. The van der Waals surface area contributed by atoms with Crippen LogP contribution in [0.4, 0.5) is 5.69 Å². The number of carbonyl (C=O) groups excluding carboxylic acids is 1. The van der Waals surface area contributed by atoms with E-state index in [0.717, 1.165) is 17.7 Å². The molecular weight excluding hydrogens is 264 g/mol. The van der Waals surface area contributed by atoms with Crippen LogP contribution in [-0.2, 0) is 11.2 Å². The molecule has 104 valence electrons. The van der Waals surface area contributed by atoms with Crippen LogP contribution in [0.2, 0.25) is 0 Å². The van der Waals surface area contributed by atoms with Gasteiger partial charge >= 0.3 is 0 Å². The Morgan fingerprint density at radius 1 is 1.24 bits per heavy atom. The van der Waals surface area contributed by atoms with Crippen molar-refractivity contribution < 1.29 is 9.53 Å². The minimum Gasteiger partial charge on any atom is -0.479 e. The van der Waals surface area contributed by atoms with Crippen LogP contribution in [0.25, 0.3) is 0 Å². The smallest absolute Gasteiger partial charge is 0.232 e. The molecule has 0 radical (unpaired) electrons. The Hall–Kier alpha value is -2.80. The second kappa shape index (κ2) is 5.68. The standard InChI is InChI=1S/C17H14N2O2/c18-9-10-21-14-7-5-13(6-8-14)19-17(20)16-11-12-3-1-2-4-15(12)16/h1-8,16H,10-11H2,(H,19,20). The van der Waals surface area contributed by atoms with E-state index in [0.29, 0.717) is 5.75 Å². The summed E-state index contributed by atoms with van der Waals surface area (Å²) in [6, 6.07) is 16.9. The summed E-state index contributed by atoms with van der Waals surface area (Å²) in [5, 5.41) is 11.4. The van der Waals surface area contributed by atoms with Crippen molar-refractivity contribution >= 4 is 11.6 Å². The minimum absolute atomic E-state index is 0.0133. The highest BCUT2D eigenvalue weighted by atomic mass is 16.5. The zero-order valence-corrected chi connectivity index (χ0v) is 11.4. The van der Waals surface area contributed by atoms with E-state index < -0.39 is 0 Å². The van der Waals surface area contributed by atoms with Crippen LogP contribution in [0.5, 0.6) is 5.75 Å². The molecule has 2 aromatic rings. The van der Waals surface area contributed by atoms with Crippen molar-refractivity contribution in [3.63, 3.8) is 0 Å². The molecule has 0 saturated carbocycles. The number of anilines is 1. The highest BCUT2D eigenvalue weighted by Gasteiger charge is 2.31. The highest BCUT2D eigenvalue weighted by molar-refractivity contribution is 5.97. The Morgan fingerprint density at radius 3 is 2.71 bits per heavy atom. The van der Waals surface area contributed by atoms with Crippen LogP contribution in [0, 0.1) is 11.3 Å². The van der Waals surface area contributed by atoms with E-state index in [9.17, 15) is 4.79 Å². The molecule has 0 heterocycles. The maximum atomic E-state index is 12.2. The van der Waals surface area contributed by atoms with Gasteiger partial charge in [0.1, 0.15) is 11.8 Å². The molecule has 1 atom stereocenters. The molecule has 1 aliphatic carbocycles. The lowest BCUT2D eigenvalue weighted by atomic mass is 9.77. The molecule has 0 spiro atoms. The molecule has 3 rings (SSSR count). The number of carbonyl (C=O) groups is 1. The second-order valence-corrected chi connectivity index (χ2v) is 4.92. The van der Waals surface area contributed by atoms with Gasteiger partial charge in [0.05, 0.1) is 5.92 Å². The summed E-state index contributed by atoms with van der Waals surface area (Å²) in [7, 11) is 0. The van der Waals surface area contributed by atoms with E-state index >= 15 is 0 Å². The zero-order valence-electron chi connectivity index (χ0n) is 11.4. The summed E-state index contributed by atoms with van der Waals surface area (Å²) in [5.41, 5.74) is 3.09. The van der Waals surface area contributed by atoms with E-state index in [4.69, 9.17) is 10.00 Å². The first-order chi connectivity index (χ1) is 10.3. The molecule has 0 bridgehead atoms. The van der Waals surface area contributed by atoms with E-state index in [1.165, 1.54) is 5.56 Å². The fourth-order valence-corrected chi connectivity index (χ4v) is 2.47. The molecular formula is C17H14N2O2. The lowest BCUT2D eigenvalue weighted by molar-refractivity contribution is -0.118. The molecule has 0 fully saturated rings. The van der Waals surface area contributed by atoms with Crippen molar-refractivity contribution in [2.24, 2.45) is 0 Å². The van der Waals surface area contributed by atoms with Crippen molar-refractivity contribution in [2.75, 3.05) is 11.9 Å². The van der Waals surface area contributed by atoms with E-state index in [2.05, 4.69) is 11.4 Å². The number of hydrogen-bond donors (Lipinski definition) is 1. The number of nitrogens with zero attached hydrogens (tertiary/aromatic N) is 1. The van der Waals surface area contributed by atoms with Gasteiger partial charge in [-0.25, -0.2) is 0 Å². The highest BCUT2D eigenvalue weighted by Crippen LogP contribution is 2.35. The van der Waals surface area contributed by atoms with Gasteiger partial charge in [-0.05, 0) is 41.8 Å². The van der Waals surface area contributed by atoms with Gasteiger partial charge in [-0.15, -0.1) is 0 Å². The number of nitrogens with one attached hydrogen (secondary N) is 1. The molecule has 21 heavy (non-hydrogen) atoms. The summed E-state index contributed by atoms with van der Waals surface area (Å²) in [5.74, 6) is 0.568. The normalized spacial score (nSPS) is 15.3. The van der Waals surface area contributed by atoms with Gasteiger partial charge in [-0.3, -0.25) is 4.79 Å². The topological polar surface area (TPSA) is 62.1 Å². The summed E-state index contributed by atoms with van der Waals surface area (Å²) >= 11 is 0. The third-order valence-corrected chi connectivity index (χ3v) is 3.60. The molecule has 0 saturated heterocycles. The van der Waals surface area contributed by atoms with Crippen LogP contribution in [0.15, 0.2) is 48.5 Å². The molecule has 4 nitrogen and oxygen atoms in total. The monoisotopic (exact) mass is 278 g/mol. The maximum Gasteiger partial charge on any atom is 0.232 e. The Kier molecular flexibility index (Phi) is 3.57. The largest absolute Gasteiger partial charge is 0.479 e. The van der Waals surface area contributed by atoms with Crippen LogP contribution in [-0.4, -0.2) is 12.5 Å². The van der Waals surface area contributed by atoms with Crippen molar-refractivity contribution in [3.8, 4) is 11.8 Å². The molecule has 0 aromatic heterocycles. The first-order valence-corrected chi connectivity index (χ1v) is 6.76. The van der Waals surface area contributed by atoms with Crippen LogP contribution in [0.1, 0.15) is 17.0 Å². The molecule has 1 aliphatic rings. The molecule has 1 unspecified atom stereocenters. The van der Waals surface area contributed by atoms with Gasteiger partial charge in [0.2, 0.25) is 5.91 Å². The maximum absolute atomic E-state index is 12.2. The Labute approximate surface area is 123 Å². The summed E-state index contributed by atoms with van der Waals surface area (Å²) in [6.07, 6.45) is 0.797. The first-order valence-electron chi connectivity index (χ1n) is 6.76. The third kappa shape index (κ3) is 2.72. The minimum atomic E-state index is -0.0595. The van der Waals surface area contributed by atoms with Gasteiger partial charge in [0.25, 0.3) is 0 Å². The quantitative estimate of drug-likeness (QED) is 0.935. The number of nitriles is 1. The number of benzene rings is 2. The Bertz CT molecular complexity index is 701. The Morgan fingerprint density at radius 2 is 2.00 bits per heavy atom. The number of rotatable bonds is 4. The summed E-state index contributed by atoms with van der Waals surface area (Å²) in [6.45, 7) is 0.0184. The average Bonchev–Trinajstić information content (AvgIpc) is 2.48. The summed E-state index contributed by atoms with van der Waals surface area (Å²) in [4.78, 5) is 12.2. The van der Waals surface area contributed by atoms with Crippen LogP contribution >= 0.6 is 0 Å². The van der Waals surface area contributed by atoms with E-state index in [1.54, 1.807) is 24.3 Å². The van der Waals surface area contributed by atoms with Gasteiger partial charge in [0.15, 0.2) is 6.61 Å². The predicted octanol–water partition coefficient (Wildman–Crippen LogP) is 2.87. The first kappa shape index (κ1) is 13.2. The van der Waals surface area contributed by atoms with Gasteiger partial charge in [0, 0.05) is 5.69 Å². The van der Waals surface area contributed by atoms with Crippen molar-refractivity contribution in [3.05, 3.63) is 59.7 Å². The third-order valence-electron chi connectivity index (χ3n) is 3.60. The van der Waals surface area contributed by atoms with Crippen molar-refractivity contribution in [2.45, 2.75) is 12.3 Å². The average molecular weight is 278 g/mol. The fourth-order valence-electron chi connectivity index (χ4n) is 2.47. The fraction of sp³-hybridized carbons (Fsp3) is 0.176. The zero-order chi connectivity index (χ0) is 14.7. The molecule has 1 amide bonds. The van der Waals surface area contributed by atoms with Gasteiger partial charge < -0.3 is 10.1 Å². The summed E-state index contributed by atoms with van der Waals surface area (Å²) < 4.78 is 5.17. The van der Waals surface area contributed by atoms with Crippen LogP contribution < -0.4 is 10.1 Å². The number of ether oxygens (including phenoxy) is 1.